The van der Waals surface area contributed by atoms with Gasteiger partial charge in [-0.1, -0.05) is 29.8 Å². The van der Waals surface area contributed by atoms with Crippen LogP contribution in [0.1, 0.15) is 11.3 Å². The Morgan fingerprint density at radius 3 is 2.44 bits per heavy atom. The maximum atomic E-state index is 14.0. The van der Waals surface area contributed by atoms with Gasteiger partial charge in [0, 0.05) is 5.69 Å². The van der Waals surface area contributed by atoms with Crippen LogP contribution in [0, 0.1) is 19.7 Å². The number of rotatable bonds is 1. The summed E-state index contributed by atoms with van der Waals surface area (Å²) in [4.78, 5) is 0. The number of H-pyrrole nitrogens is 1. The Balaban J connectivity index is 2.21. The second-order valence-electron chi connectivity index (χ2n) is 4.57. The number of aryl methyl sites for hydroxylation is 2. The number of aromatic amines is 1. The molecule has 1 heterocycles. The van der Waals surface area contributed by atoms with Gasteiger partial charge in [-0.15, -0.1) is 0 Å². The molecule has 0 unspecified atom stereocenters. The Bertz CT molecular complexity index is 711. The Morgan fingerprint density at radius 1 is 1.00 bits per heavy atom. The molecule has 0 saturated heterocycles. The molecule has 2 nitrogen and oxygen atoms in total. The molecule has 0 aliphatic carbocycles. The third-order valence-electron chi connectivity index (χ3n) is 3.17. The van der Waals surface area contributed by atoms with E-state index in [0.717, 1.165) is 16.8 Å². The van der Waals surface area contributed by atoms with Crippen molar-refractivity contribution in [2.45, 2.75) is 13.8 Å². The van der Waals surface area contributed by atoms with E-state index in [4.69, 9.17) is 0 Å². The molecule has 2 aromatic carbocycles. The SMILES string of the molecule is Cc1ccc(-c2cc(F)c3c(C)[nH]nc3c2)cc1. The number of halogens is 1. The van der Waals surface area contributed by atoms with Gasteiger partial charge in [0.25, 0.3) is 0 Å². The molecular formula is C15H13FN2. The molecule has 0 spiro atoms. The fourth-order valence-electron chi connectivity index (χ4n) is 2.16. The monoisotopic (exact) mass is 240 g/mol. The fraction of sp³-hybridized carbons (Fsp3) is 0.133. The van der Waals surface area contributed by atoms with E-state index in [0.29, 0.717) is 10.9 Å². The summed E-state index contributed by atoms with van der Waals surface area (Å²) in [7, 11) is 0. The number of hydrogen-bond donors (Lipinski definition) is 1. The molecule has 3 aromatic rings. The van der Waals surface area contributed by atoms with Crippen LogP contribution >= 0.6 is 0 Å². The summed E-state index contributed by atoms with van der Waals surface area (Å²) in [5, 5.41) is 7.51. The molecule has 0 aliphatic heterocycles. The van der Waals surface area contributed by atoms with Gasteiger partial charge < -0.3 is 0 Å². The van der Waals surface area contributed by atoms with Crippen LogP contribution in [0.4, 0.5) is 4.39 Å². The highest BCUT2D eigenvalue weighted by Crippen LogP contribution is 2.27. The van der Waals surface area contributed by atoms with Gasteiger partial charge in [-0.3, -0.25) is 5.10 Å². The Hall–Kier alpha value is -2.16. The Labute approximate surface area is 104 Å². The maximum Gasteiger partial charge on any atom is 0.135 e. The number of benzene rings is 2. The van der Waals surface area contributed by atoms with E-state index in [9.17, 15) is 4.39 Å². The number of aromatic nitrogens is 2. The van der Waals surface area contributed by atoms with Gasteiger partial charge in [0.2, 0.25) is 0 Å². The molecule has 1 aromatic heterocycles. The summed E-state index contributed by atoms with van der Waals surface area (Å²) in [6.07, 6.45) is 0. The van der Waals surface area contributed by atoms with Crippen LogP contribution in [0.25, 0.3) is 22.0 Å². The topological polar surface area (TPSA) is 28.7 Å². The lowest BCUT2D eigenvalue weighted by molar-refractivity contribution is 0.640. The highest BCUT2D eigenvalue weighted by atomic mass is 19.1. The lowest BCUT2D eigenvalue weighted by atomic mass is 10.0. The second-order valence-corrected chi connectivity index (χ2v) is 4.57. The minimum Gasteiger partial charge on any atom is -0.282 e. The fourth-order valence-corrected chi connectivity index (χ4v) is 2.16. The number of nitrogens with zero attached hydrogens (tertiary/aromatic N) is 1. The molecule has 0 radical (unpaired) electrons. The number of fused-ring (bicyclic) bond motifs is 1. The van der Waals surface area contributed by atoms with Gasteiger partial charge in [-0.25, -0.2) is 4.39 Å². The molecule has 0 fully saturated rings. The summed E-state index contributed by atoms with van der Waals surface area (Å²) in [5.74, 6) is -0.227. The maximum absolute atomic E-state index is 14.0. The molecule has 18 heavy (non-hydrogen) atoms. The van der Waals surface area contributed by atoms with Crippen LogP contribution in [0.2, 0.25) is 0 Å². The summed E-state index contributed by atoms with van der Waals surface area (Å²) in [6.45, 7) is 3.86. The zero-order chi connectivity index (χ0) is 12.7. The van der Waals surface area contributed by atoms with Crippen LogP contribution < -0.4 is 0 Å². The van der Waals surface area contributed by atoms with Crippen molar-refractivity contribution in [1.82, 2.24) is 10.2 Å². The van der Waals surface area contributed by atoms with Crippen molar-refractivity contribution in [1.29, 1.82) is 0 Å². The van der Waals surface area contributed by atoms with E-state index in [-0.39, 0.29) is 5.82 Å². The van der Waals surface area contributed by atoms with E-state index >= 15 is 0 Å². The average molecular weight is 240 g/mol. The van der Waals surface area contributed by atoms with Gasteiger partial charge in [-0.2, -0.15) is 5.10 Å². The minimum atomic E-state index is -0.227. The normalized spacial score (nSPS) is 11.1. The molecule has 90 valence electrons. The molecule has 0 aliphatic rings. The van der Waals surface area contributed by atoms with Crippen molar-refractivity contribution in [2.24, 2.45) is 0 Å². The van der Waals surface area contributed by atoms with Crippen molar-refractivity contribution in [3.63, 3.8) is 0 Å². The van der Waals surface area contributed by atoms with Crippen LogP contribution in [-0.4, -0.2) is 10.2 Å². The lowest BCUT2D eigenvalue weighted by Crippen LogP contribution is -1.84. The van der Waals surface area contributed by atoms with E-state index in [1.54, 1.807) is 6.07 Å². The number of nitrogens with one attached hydrogen (secondary N) is 1. The smallest absolute Gasteiger partial charge is 0.135 e. The standard InChI is InChI=1S/C15H13FN2/c1-9-3-5-11(6-4-9)12-7-13(16)15-10(2)17-18-14(15)8-12/h3-8H,1-2H3,(H,17,18). The minimum absolute atomic E-state index is 0.227. The third-order valence-corrected chi connectivity index (χ3v) is 3.17. The average Bonchev–Trinajstić information content (AvgIpc) is 2.72. The summed E-state index contributed by atoms with van der Waals surface area (Å²) in [5.41, 5.74) is 4.48. The Kier molecular flexibility index (Phi) is 2.40. The lowest BCUT2D eigenvalue weighted by Gasteiger charge is -2.03. The predicted molar refractivity (Wildman–Crippen MR) is 71.0 cm³/mol. The predicted octanol–water partition coefficient (Wildman–Crippen LogP) is 3.99. The van der Waals surface area contributed by atoms with Gasteiger partial charge in [0.15, 0.2) is 0 Å². The molecule has 0 atom stereocenters. The molecule has 3 rings (SSSR count). The highest BCUT2D eigenvalue weighted by molar-refractivity contribution is 5.86. The van der Waals surface area contributed by atoms with Gasteiger partial charge >= 0.3 is 0 Å². The van der Waals surface area contributed by atoms with Crippen molar-refractivity contribution in [3.8, 4) is 11.1 Å². The zero-order valence-corrected chi connectivity index (χ0v) is 10.3. The van der Waals surface area contributed by atoms with E-state index in [2.05, 4.69) is 10.2 Å². The molecule has 0 bridgehead atoms. The first-order chi connectivity index (χ1) is 8.65. The summed E-state index contributed by atoms with van der Waals surface area (Å²) >= 11 is 0. The quantitative estimate of drug-likeness (QED) is 0.684. The first-order valence-corrected chi connectivity index (χ1v) is 5.86. The number of hydrogen-bond acceptors (Lipinski definition) is 1. The van der Waals surface area contributed by atoms with Crippen LogP contribution in [0.5, 0.6) is 0 Å². The molecule has 1 N–H and O–H groups in total. The van der Waals surface area contributed by atoms with Crippen molar-refractivity contribution in [3.05, 3.63) is 53.5 Å². The second kappa shape index (κ2) is 3.95. The van der Waals surface area contributed by atoms with E-state index < -0.39 is 0 Å². The van der Waals surface area contributed by atoms with Crippen LogP contribution in [-0.2, 0) is 0 Å². The largest absolute Gasteiger partial charge is 0.282 e. The van der Waals surface area contributed by atoms with Crippen LogP contribution in [0.15, 0.2) is 36.4 Å². The first kappa shape index (κ1) is 11.0. The third kappa shape index (κ3) is 1.68. The first-order valence-electron chi connectivity index (χ1n) is 5.86. The van der Waals surface area contributed by atoms with Crippen LogP contribution in [0.3, 0.4) is 0 Å². The van der Waals surface area contributed by atoms with Gasteiger partial charge in [0.1, 0.15) is 5.82 Å². The molecule has 3 heteroatoms. The molecule has 0 amide bonds. The van der Waals surface area contributed by atoms with Crippen molar-refractivity contribution >= 4 is 10.9 Å². The van der Waals surface area contributed by atoms with E-state index in [1.165, 1.54) is 5.56 Å². The summed E-state index contributed by atoms with van der Waals surface area (Å²) in [6, 6.07) is 11.5. The molecule has 0 saturated carbocycles. The molecular weight excluding hydrogens is 227 g/mol. The van der Waals surface area contributed by atoms with Gasteiger partial charge in [-0.05, 0) is 37.1 Å². The summed E-state index contributed by atoms with van der Waals surface area (Å²) < 4.78 is 14.0. The highest BCUT2D eigenvalue weighted by Gasteiger charge is 2.10. The van der Waals surface area contributed by atoms with E-state index in [1.807, 2.05) is 44.2 Å². The van der Waals surface area contributed by atoms with Gasteiger partial charge in [0.05, 0.1) is 10.9 Å². The zero-order valence-electron chi connectivity index (χ0n) is 10.3. The Morgan fingerprint density at radius 2 is 1.72 bits per heavy atom. The van der Waals surface area contributed by atoms with Crippen molar-refractivity contribution in [2.75, 3.05) is 0 Å². The van der Waals surface area contributed by atoms with Crippen molar-refractivity contribution < 1.29 is 4.39 Å².